The van der Waals surface area contributed by atoms with Crippen LogP contribution in [0.4, 0.5) is 11.4 Å². The van der Waals surface area contributed by atoms with Crippen molar-refractivity contribution >= 4 is 29.1 Å². The Morgan fingerprint density at radius 2 is 1.70 bits per heavy atom. The predicted octanol–water partition coefficient (Wildman–Crippen LogP) is 1.49. The van der Waals surface area contributed by atoms with Gasteiger partial charge in [-0.2, -0.15) is 0 Å². The van der Waals surface area contributed by atoms with Gasteiger partial charge in [0.1, 0.15) is 5.56 Å². The van der Waals surface area contributed by atoms with E-state index >= 15 is 0 Å². The highest BCUT2D eigenvalue weighted by Crippen LogP contribution is 2.33. The molecule has 23 heavy (non-hydrogen) atoms. The van der Waals surface area contributed by atoms with E-state index in [4.69, 9.17) is 5.73 Å². The van der Waals surface area contributed by atoms with E-state index in [2.05, 4.69) is 0 Å². The minimum atomic E-state index is -0.774. The molecule has 0 unspecified atom stereocenters. The van der Waals surface area contributed by atoms with Crippen molar-refractivity contribution in [3.05, 3.63) is 69.3 Å². The summed E-state index contributed by atoms with van der Waals surface area (Å²) in [5.41, 5.74) is 4.88. The summed E-state index contributed by atoms with van der Waals surface area (Å²) in [6.07, 6.45) is 0. The Kier molecular flexibility index (Phi) is 3.14. The van der Waals surface area contributed by atoms with Crippen molar-refractivity contribution < 1.29 is 19.3 Å². The zero-order valence-corrected chi connectivity index (χ0v) is 11.6. The summed E-state index contributed by atoms with van der Waals surface area (Å²) in [4.78, 5) is 47.1. The first-order valence-electron chi connectivity index (χ1n) is 6.48. The van der Waals surface area contributed by atoms with E-state index in [1.54, 1.807) is 0 Å². The molecule has 0 fully saturated rings. The third-order valence-electron chi connectivity index (χ3n) is 3.50. The fraction of sp³-hybridized carbons (Fsp3) is 0. The Morgan fingerprint density at radius 3 is 2.26 bits per heavy atom. The number of nitrogens with two attached hydrogens (primary N) is 1. The molecule has 0 aromatic heterocycles. The Hall–Kier alpha value is -3.55. The molecule has 0 bridgehead atoms. The molecule has 0 saturated carbocycles. The van der Waals surface area contributed by atoms with Gasteiger partial charge in [-0.25, -0.2) is 4.90 Å². The lowest BCUT2D eigenvalue weighted by Crippen LogP contribution is -2.29. The maximum Gasteiger partial charge on any atom is 0.283 e. The van der Waals surface area contributed by atoms with Gasteiger partial charge < -0.3 is 5.73 Å². The molecule has 2 aromatic carbocycles. The van der Waals surface area contributed by atoms with Crippen LogP contribution in [0.25, 0.3) is 0 Å². The number of benzene rings is 2. The van der Waals surface area contributed by atoms with Gasteiger partial charge in [0, 0.05) is 11.6 Å². The van der Waals surface area contributed by atoms with Crippen LogP contribution in [0.3, 0.4) is 0 Å². The molecule has 2 N–H and O–H groups in total. The van der Waals surface area contributed by atoms with Crippen molar-refractivity contribution in [2.75, 3.05) is 4.90 Å². The zero-order chi connectivity index (χ0) is 16.7. The number of primary amides is 1. The summed E-state index contributed by atoms with van der Waals surface area (Å²) >= 11 is 0. The molecular weight excluding hydrogens is 302 g/mol. The molecule has 1 aliphatic heterocycles. The number of carbonyl (C=O) groups excluding carboxylic acids is 3. The van der Waals surface area contributed by atoms with Crippen LogP contribution in [0.5, 0.6) is 0 Å². The number of carbonyl (C=O) groups is 3. The maximum absolute atomic E-state index is 12.5. The summed E-state index contributed by atoms with van der Waals surface area (Å²) < 4.78 is 0. The molecule has 8 nitrogen and oxygen atoms in total. The average Bonchev–Trinajstić information content (AvgIpc) is 2.79. The monoisotopic (exact) mass is 311 g/mol. The SMILES string of the molecule is NC(=O)c1ccc(N2C(=O)c3cccc([N+](=O)[O-])c3C2=O)cc1. The van der Waals surface area contributed by atoms with Crippen molar-refractivity contribution in [3.8, 4) is 0 Å². The number of amides is 3. The first-order valence-corrected chi connectivity index (χ1v) is 6.48. The smallest absolute Gasteiger partial charge is 0.283 e. The molecule has 0 spiro atoms. The molecule has 0 saturated heterocycles. The Bertz CT molecular complexity index is 873. The van der Waals surface area contributed by atoms with Gasteiger partial charge in [-0.15, -0.1) is 0 Å². The lowest BCUT2D eigenvalue weighted by Gasteiger charge is -2.13. The number of nitro groups is 1. The van der Waals surface area contributed by atoms with Gasteiger partial charge in [-0.1, -0.05) is 6.07 Å². The van der Waals surface area contributed by atoms with Gasteiger partial charge in [0.15, 0.2) is 0 Å². The number of anilines is 1. The van der Waals surface area contributed by atoms with Crippen LogP contribution >= 0.6 is 0 Å². The number of fused-ring (bicyclic) bond motifs is 1. The number of hydrogen-bond donors (Lipinski definition) is 1. The molecule has 3 rings (SSSR count). The average molecular weight is 311 g/mol. The lowest BCUT2D eigenvalue weighted by molar-refractivity contribution is -0.385. The van der Waals surface area contributed by atoms with E-state index in [-0.39, 0.29) is 22.4 Å². The van der Waals surface area contributed by atoms with E-state index in [0.717, 1.165) is 4.90 Å². The third kappa shape index (κ3) is 2.13. The minimum absolute atomic E-state index is 0.0248. The first-order chi connectivity index (χ1) is 10.9. The molecule has 0 atom stereocenters. The molecule has 8 heteroatoms. The summed E-state index contributed by atoms with van der Waals surface area (Å²) in [7, 11) is 0. The normalized spacial score (nSPS) is 13.1. The highest BCUT2D eigenvalue weighted by atomic mass is 16.6. The van der Waals surface area contributed by atoms with Gasteiger partial charge in [0.25, 0.3) is 17.5 Å². The van der Waals surface area contributed by atoms with Crippen LogP contribution in [-0.2, 0) is 0 Å². The molecular formula is C15H9N3O5. The second kappa shape index (κ2) is 5.02. The fourth-order valence-electron chi connectivity index (χ4n) is 2.43. The van der Waals surface area contributed by atoms with Crippen molar-refractivity contribution in [1.82, 2.24) is 0 Å². The Morgan fingerprint density at radius 1 is 1.04 bits per heavy atom. The van der Waals surface area contributed by atoms with Crippen LogP contribution in [-0.4, -0.2) is 22.6 Å². The van der Waals surface area contributed by atoms with E-state index in [0.29, 0.717) is 0 Å². The molecule has 0 radical (unpaired) electrons. The van der Waals surface area contributed by atoms with Crippen LogP contribution in [0.1, 0.15) is 31.1 Å². The molecule has 114 valence electrons. The number of rotatable bonds is 3. The van der Waals surface area contributed by atoms with Gasteiger partial charge >= 0.3 is 0 Å². The Balaban J connectivity index is 2.08. The van der Waals surface area contributed by atoms with Crippen molar-refractivity contribution in [3.63, 3.8) is 0 Å². The third-order valence-corrected chi connectivity index (χ3v) is 3.50. The van der Waals surface area contributed by atoms with Gasteiger partial charge in [-0.3, -0.25) is 24.5 Å². The number of nitro benzene ring substituents is 1. The summed E-state index contributed by atoms with van der Waals surface area (Å²) in [6, 6.07) is 9.39. The van der Waals surface area contributed by atoms with Crippen LogP contribution in [0, 0.1) is 10.1 Å². The Labute approximate surface area is 129 Å². The van der Waals surface area contributed by atoms with E-state index in [9.17, 15) is 24.5 Å². The van der Waals surface area contributed by atoms with Crippen LogP contribution in [0.2, 0.25) is 0 Å². The predicted molar refractivity (Wildman–Crippen MR) is 79.2 cm³/mol. The largest absolute Gasteiger partial charge is 0.366 e. The fourth-order valence-corrected chi connectivity index (χ4v) is 2.43. The lowest BCUT2D eigenvalue weighted by atomic mass is 10.1. The quantitative estimate of drug-likeness (QED) is 0.522. The van der Waals surface area contributed by atoms with Gasteiger partial charge in [0.2, 0.25) is 5.91 Å². The number of nitrogens with zero attached hydrogens (tertiary/aromatic N) is 2. The highest BCUT2D eigenvalue weighted by molar-refractivity contribution is 6.35. The summed E-state index contributed by atoms with van der Waals surface area (Å²) in [5, 5.41) is 11.0. The standard InChI is InChI=1S/C15H9N3O5/c16-13(19)8-4-6-9(7-5-8)17-14(20)10-2-1-3-11(18(22)23)12(10)15(17)21/h1-7H,(H2,16,19). The number of imide groups is 1. The molecule has 2 aromatic rings. The highest BCUT2D eigenvalue weighted by Gasteiger charge is 2.41. The van der Waals surface area contributed by atoms with Crippen LogP contribution < -0.4 is 10.6 Å². The molecule has 1 heterocycles. The topological polar surface area (TPSA) is 124 Å². The van der Waals surface area contributed by atoms with Gasteiger partial charge in [-0.05, 0) is 30.3 Å². The van der Waals surface area contributed by atoms with E-state index < -0.39 is 28.3 Å². The van der Waals surface area contributed by atoms with Crippen molar-refractivity contribution in [2.24, 2.45) is 5.73 Å². The first kappa shape index (κ1) is 14.4. The van der Waals surface area contributed by atoms with Crippen molar-refractivity contribution in [1.29, 1.82) is 0 Å². The second-order valence-corrected chi connectivity index (χ2v) is 4.81. The summed E-state index contributed by atoms with van der Waals surface area (Å²) in [5.74, 6) is -2.07. The van der Waals surface area contributed by atoms with Crippen molar-refractivity contribution in [2.45, 2.75) is 0 Å². The second-order valence-electron chi connectivity index (χ2n) is 4.81. The summed E-state index contributed by atoms with van der Waals surface area (Å²) in [6.45, 7) is 0. The molecule has 3 amide bonds. The number of hydrogen-bond acceptors (Lipinski definition) is 5. The van der Waals surface area contributed by atoms with Gasteiger partial charge in [0.05, 0.1) is 16.2 Å². The maximum atomic E-state index is 12.5. The minimum Gasteiger partial charge on any atom is -0.366 e. The van der Waals surface area contributed by atoms with Crippen LogP contribution in [0.15, 0.2) is 42.5 Å². The van der Waals surface area contributed by atoms with E-state index in [1.807, 2.05) is 0 Å². The zero-order valence-electron chi connectivity index (χ0n) is 11.6. The molecule has 0 aliphatic carbocycles. The molecule has 1 aliphatic rings. The van der Waals surface area contributed by atoms with E-state index in [1.165, 1.54) is 42.5 Å².